The molecule has 0 unspecified atom stereocenters. The summed E-state index contributed by atoms with van der Waals surface area (Å²) >= 11 is 0. The molecule has 0 aliphatic heterocycles. The maximum atomic E-state index is 9.98. The fourth-order valence-corrected chi connectivity index (χ4v) is 0.121. The van der Waals surface area contributed by atoms with E-state index in [1.54, 1.807) is 0 Å². The van der Waals surface area contributed by atoms with Gasteiger partial charge in [0, 0.05) is 0 Å². The molecule has 7 heavy (non-hydrogen) atoms. The zero-order chi connectivity index (χ0) is 5.86. The van der Waals surface area contributed by atoms with E-state index in [9.17, 15) is 4.79 Å². The summed E-state index contributed by atoms with van der Waals surface area (Å²) in [5, 5.41) is 8.31. The molecule has 41 valence electrons. The van der Waals surface area contributed by atoms with E-state index in [1.807, 2.05) is 0 Å². The Balaban J connectivity index is 3.35. The van der Waals surface area contributed by atoms with Gasteiger partial charge >= 0.3 is 5.97 Å². The number of carbonyl (C=O) groups is 1. The van der Waals surface area contributed by atoms with E-state index in [1.165, 1.54) is 6.92 Å². The van der Waals surface area contributed by atoms with E-state index in [0.717, 1.165) is 0 Å². The van der Waals surface area contributed by atoms with Gasteiger partial charge in [-0.05, 0) is 6.92 Å². The Morgan fingerprint density at radius 2 is 2.43 bits per heavy atom. The van der Waals surface area contributed by atoms with Crippen LogP contribution < -0.4 is 0 Å². The summed E-state index contributed by atoms with van der Waals surface area (Å²) in [4.78, 5) is 9.98. The lowest BCUT2D eigenvalue weighted by Gasteiger charge is -1.96. The van der Waals surface area contributed by atoms with Gasteiger partial charge in [0.2, 0.25) is 0 Å². The van der Waals surface area contributed by atoms with Crippen molar-refractivity contribution in [3.8, 4) is 0 Å². The van der Waals surface area contributed by atoms with Crippen molar-refractivity contribution in [1.82, 2.24) is 0 Å². The SMILES string of the molecule is [CH2]OC(=O)[C@H](C)O. The zero-order valence-electron chi connectivity index (χ0n) is 4.05. The lowest BCUT2D eigenvalue weighted by Crippen LogP contribution is -2.16. The van der Waals surface area contributed by atoms with Crippen LogP contribution in [0.15, 0.2) is 0 Å². The van der Waals surface area contributed by atoms with Crippen LogP contribution in [-0.2, 0) is 9.53 Å². The van der Waals surface area contributed by atoms with Crippen molar-refractivity contribution in [3.63, 3.8) is 0 Å². The molecule has 1 radical (unpaired) electrons. The number of aliphatic hydroxyl groups excluding tert-OH is 1. The van der Waals surface area contributed by atoms with Crippen molar-refractivity contribution < 1.29 is 14.6 Å². The summed E-state index contributed by atoms with van der Waals surface area (Å²) in [6.45, 7) is 1.31. The molecule has 0 aromatic carbocycles. The van der Waals surface area contributed by atoms with E-state index < -0.39 is 12.1 Å². The molecule has 0 saturated carbocycles. The molecule has 0 amide bonds. The lowest BCUT2D eigenvalue weighted by molar-refractivity contribution is -0.147. The van der Waals surface area contributed by atoms with E-state index in [2.05, 4.69) is 11.8 Å². The molecule has 0 fully saturated rings. The number of ether oxygens (including phenoxy) is 1. The van der Waals surface area contributed by atoms with Gasteiger partial charge in [0.1, 0.15) is 13.2 Å². The summed E-state index contributed by atoms with van der Waals surface area (Å²) in [5.41, 5.74) is 0. The highest BCUT2D eigenvalue weighted by Gasteiger charge is 2.05. The number of hydrogen-bond acceptors (Lipinski definition) is 3. The van der Waals surface area contributed by atoms with Crippen LogP contribution in [0, 0.1) is 7.11 Å². The van der Waals surface area contributed by atoms with Crippen molar-refractivity contribution in [2.24, 2.45) is 0 Å². The van der Waals surface area contributed by atoms with Crippen LogP contribution in [0.4, 0.5) is 0 Å². The Hall–Kier alpha value is -0.570. The molecule has 3 nitrogen and oxygen atoms in total. The average molecular weight is 103 g/mol. The highest BCUT2D eigenvalue weighted by Crippen LogP contribution is 1.81. The second-order valence-corrected chi connectivity index (χ2v) is 1.14. The first-order chi connectivity index (χ1) is 3.18. The lowest BCUT2D eigenvalue weighted by atomic mass is 10.4. The average Bonchev–Trinajstić information content (AvgIpc) is 1.65. The van der Waals surface area contributed by atoms with Gasteiger partial charge in [-0.3, -0.25) is 0 Å². The second kappa shape index (κ2) is 2.58. The highest BCUT2D eigenvalue weighted by atomic mass is 16.5. The van der Waals surface area contributed by atoms with E-state index in [-0.39, 0.29) is 0 Å². The summed E-state index contributed by atoms with van der Waals surface area (Å²) in [5.74, 6) is -0.708. The molecule has 0 aromatic rings. The van der Waals surface area contributed by atoms with E-state index in [0.29, 0.717) is 0 Å². The van der Waals surface area contributed by atoms with Crippen molar-refractivity contribution in [2.45, 2.75) is 13.0 Å². The monoisotopic (exact) mass is 103 g/mol. The number of esters is 1. The smallest absolute Gasteiger partial charge is 0.334 e. The largest absolute Gasteiger partial charge is 0.460 e. The first kappa shape index (κ1) is 6.43. The minimum absolute atomic E-state index is 0.708. The normalized spacial score (nSPS) is 13.0. The molecule has 0 saturated heterocycles. The van der Waals surface area contributed by atoms with Crippen molar-refractivity contribution in [2.75, 3.05) is 0 Å². The predicted octanol–water partition coefficient (Wildman–Crippen LogP) is -0.298. The molecule has 0 aromatic heterocycles. The molecule has 0 rings (SSSR count). The zero-order valence-corrected chi connectivity index (χ0v) is 4.05. The molecule has 3 heteroatoms. The summed E-state index contributed by atoms with van der Waals surface area (Å²) in [7, 11) is 2.80. The van der Waals surface area contributed by atoms with E-state index >= 15 is 0 Å². The van der Waals surface area contributed by atoms with Crippen LogP contribution in [0.3, 0.4) is 0 Å². The van der Waals surface area contributed by atoms with Crippen molar-refractivity contribution >= 4 is 5.97 Å². The first-order valence-corrected chi connectivity index (χ1v) is 1.82. The van der Waals surface area contributed by atoms with Gasteiger partial charge in [-0.25, -0.2) is 4.79 Å². The van der Waals surface area contributed by atoms with Gasteiger partial charge in [0.15, 0.2) is 0 Å². The molecular formula is C4H7O3. The maximum absolute atomic E-state index is 9.98. The molecule has 1 N–H and O–H groups in total. The van der Waals surface area contributed by atoms with Crippen LogP contribution in [-0.4, -0.2) is 17.2 Å². The molecule has 0 heterocycles. The van der Waals surface area contributed by atoms with Crippen LogP contribution in [0.2, 0.25) is 0 Å². The summed E-state index contributed by atoms with van der Waals surface area (Å²) < 4.78 is 3.87. The molecular weight excluding hydrogens is 96.0 g/mol. The van der Waals surface area contributed by atoms with Gasteiger partial charge in [0.05, 0.1) is 0 Å². The summed E-state index contributed by atoms with van der Waals surface area (Å²) in [6.07, 6.45) is -1.06. The van der Waals surface area contributed by atoms with Gasteiger partial charge in [-0.1, -0.05) is 0 Å². The topological polar surface area (TPSA) is 46.5 Å². The Morgan fingerprint density at radius 1 is 2.00 bits per heavy atom. The Bertz CT molecular complexity index is 67.3. The van der Waals surface area contributed by atoms with Gasteiger partial charge in [-0.15, -0.1) is 0 Å². The Labute approximate surface area is 41.9 Å². The van der Waals surface area contributed by atoms with Gasteiger partial charge in [0.25, 0.3) is 0 Å². The minimum Gasteiger partial charge on any atom is -0.460 e. The van der Waals surface area contributed by atoms with Crippen molar-refractivity contribution in [1.29, 1.82) is 0 Å². The van der Waals surface area contributed by atoms with Crippen molar-refractivity contribution in [3.05, 3.63) is 7.11 Å². The Morgan fingerprint density at radius 3 is 2.43 bits per heavy atom. The van der Waals surface area contributed by atoms with Crippen LogP contribution in [0.1, 0.15) is 6.92 Å². The number of aliphatic hydroxyl groups is 1. The van der Waals surface area contributed by atoms with Crippen LogP contribution >= 0.6 is 0 Å². The van der Waals surface area contributed by atoms with Crippen LogP contribution in [0.5, 0.6) is 0 Å². The van der Waals surface area contributed by atoms with Gasteiger partial charge < -0.3 is 9.84 Å². The van der Waals surface area contributed by atoms with Crippen LogP contribution in [0.25, 0.3) is 0 Å². The molecule has 1 atom stereocenters. The van der Waals surface area contributed by atoms with Gasteiger partial charge in [-0.2, -0.15) is 0 Å². The Kier molecular flexibility index (Phi) is 2.37. The molecule has 0 spiro atoms. The van der Waals surface area contributed by atoms with E-state index in [4.69, 9.17) is 5.11 Å². The predicted molar refractivity (Wildman–Crippen MR) is 23.1 cm³/mol. The third-order valence-electron chi connectivity index (χ3n) is 0.483. The molecule has 0 bridgehead atoms. The third kappa shape index (κ3) is 2.17. The fraction of sp³-hybridized carbons (Fsp3) is 0.500. The second-order valence-electron chi connectivity index (χ2n) is 1.14. The summed E-state index contributed by atoms with van der Waals surface area (Å²) in [6, 6.07) is 0. The maximum Gasteiger partial charge on any atom is 0.334 e. The number of hydrogen-bond donors (Lipinski definition) is 1. The quantitative estimate of drug-likeness (QED) is 0.463. The number of carbonyl (C=O) groups excluding carboxylic acids is 1. The minimum atomic E-state index is -1.06. The standard InChI is InChI=1S/C4H7O3/c1-3(5)4(6)7-2/h3,5H,2H2,1H3/t3-/m0/s1. The third-order valence-corrected chi connectivity index (χ3v) is 0.483. The number of rotatable bonds is 1. The highest BCUT2D eigenvalue weighted by molar-refractivity contribution is 5.73. The molecule has 0 aliphatic rings. The molecule has 0 aliphatic carbocycles. The first-order valence-electron chi connectivity index (χ1n) is 1.82. The fourth-order valence-electron chi connectivity index (χ4n) is 0.121.